The first-order valence-corrected chi connectivity index (χ1v) is 4.74. The van der Waals surface area contributed by atoms with Crippen molar-refractivity contribution in [2.45, 2.75) is 12.5 Å². The van der Waals surface area contributed by atoms with Crippen molar-refractivity contribution in [3.8, 4) is 0 Å². The average molecular weight is 224 g/mol. The zero-order valence-corrected chi connectivity index (χ0v) is 8.67. The summed E-state index contributed by atoms with van der Waals surface area (Å²) in [5, 5.41) is 16.9. The minimum Gasteiger partial charge on any atom is -0.394 e. The van der Waals surface area contributed by atoms with Gasteiger partial charge in [0.25, 0.3) is 0 Å². The molecule has 0 aliphatic heterocycles. The highest BCUT2D eigenvalue weighted by Gasteiger charge is 2.05. The van der Waals surface area contributed by atoms with Crippen LogP contribution < -0.4 is 11.5 Å². The van der Waals surface area contributed by atoms with E-state index in [-0.39, 0.29) is 39.6 Å². The molecule has 0 aliphatic carbocycles. The molecule has 0 rings (SSSR count). The summed E-state index contributed by atoms with van der Waals surface area (Å²) in [4.78, 5) is 0. The fourth-order valence-corrected chi connectivity index (χ4v) is 0.805. The van der Waals surface area contributed by atoms with Gasteiger partial charge in [0, 0.05) is 0 Å². The van der Waals surface area contributed by atoms with Crippen LogP contribution in [-0.2, 0) is 14.2 Å². The minimum atomic E-state index is -0.581. The number of aliphatic hydroxyl groups is 2. The van der Waals surface area contributed by atoms with E-state index in [0.29, 0.717) is 0 Å². The lowest BCUT2D eigenvalue weighted by atomic mass is 10.6. The number of nitrogens with two attached hydrogens (primary N) is 2. The van der Waals surface area contributed by atoms with Crippen molar-refractivity contribution in [2.24, 2.45) is 11.5 Å². The van der Waals surface area contributed by atoms with Gasteiger partial charge in [-0.2, -0.15) is 0 Å². The zero-order chi connectivity index (χ0) is 11.5. The first-order valence-electron chi connectivity index (χ1n) is 4.74. The first-order chi connectivity index (χ1) is 7.20. The normalized spacial score (nSPS) is 15.2. The summed E-state index contributed by atoms with van der Waals surface area (Å²) in [6, 6.07) is 0. The Morgan fingerprint density at radius 3 is 1.60 bits per heavy atom. The van der Waals surface area contributed by atoms with Gasteiger partial charge in [-0.3, -0.25) is 0 Å². The average Bonchev–Trinajstić information content (AvgIpc) is 2.23. The van der Waals surface area contributed by atoms with Crippen LogP contribution in [0, 0.1) is 0 Å². The second-order valence-corrected chi connectivity index (χ2v) is 2.80. The van der Waals surface area contributed by atoms with Crippen molar-refractivity contribution in [2.75, 3.05) is 39.6 Å². The summed E-state index contributed by atoms with van der Waals surface area (Å²) in [6.07, 6.45) is -1.16. The van der Waals surface area contributed by atoms with Gasteiger partial charge < -0.3 is 35.9 Å². The topological polar surface area (TPSA) is 120 Å². The van der Waals surface area contributed by atoms with Gasteiger partial charge in [0.15, 0.2) is 0 Å². The van der Waals surface area contributed by atoms with Crippen molar-refractivity contribution in [1.82, 2.24) is 0 Å². The number of ether oxygens (including phenoxy) is 3. The lowest BCUT2D eigenvalue weighted by Gasteiger charge is -2.15. The van der Waals surface area contributed by atoms with Gasteiger partial charge in [0.05, 0.1) is 39.6 Å². The van der Waals surface area contributed by atoms with Gasteiger partial charge in [0.2, 0.25) is 0 Å². The van der Waals surface area contributed by atoms with Crippen molar-refractivity contribution in [1.29, 1.82) is 0 Å². The molecule has 2 atom stereocenters. The Bertz CT molecular complexity index is 124. The van der Waals surface area contributed by atoms with Gasteiger partial charge in [-0.15, -0.1) is 0 Å². The quantitative estimate of drug-likeness (QED) is 0.305. The van der Waals surface area contributed by atoms with Crippen LogP contribution in [-0.4, -0.2) is 62.3 Å². The van der Waals surface area contributed by atoms with E-state index >= 15 is 0 Å². The molecule has 0 radical (unpaired) electrons. The van der Waals surface area contributed by atoms with E-state index in [1.165, 1.54) is 0 Å². The summed E-state index contributed by atoms with van der Waals surface area (Å²) >= 11 is 0. The molecule has 0 aromatic rings. The fraction of sp³-hybridized carbons (Fsp3) is 1.00. The molecule has 0 aromatic carbocycles. The Balaban J connectivity index is 3.27. The molecule has 0 aromatic heterocycles. The van der Waals surface area contributed by atoms with E-state index in [9.17, 15) is 0 Å². The van der Waals surface area contributed by atoms with Crippen LogP contribution in [0.2, 0.25) is 0 Å². The second kappa shape index (κ2) is 10.2. The molecule has 92 valence electrons. The highest BCUT2D eigenvalue weighted by atomic mass is 16.6. The van der Waals surface area contributed by atoms with Gasteiger partial charge in [-0.1, -0.05) is 0 Å². The number of rotatable bonds is 10. The standard InChI is InChI=1S/C8H20N2O5/c9-7(14-3-1-11)5-13-6-8(10)15-4-2-12/h7-8,11-12H,1-6,9-10H2. The van der Waals surface area contributed by atoms with Crippen molar-refractivity contribution in [3.05, 3.63) is 0 Å². The van der Waals surface area contributed by atoms with Gasteiger partial charge >= 0.3 is 0 Å². The Hall–Kier alpha value is -0.280. The van der Waals surface area contributed by atoms with E-state index in [1.807, 2.05) is 0 Å². The van der Waals surface area contributed by atoms with Crippen LogP contribution in [0.4, 0.5) is 0 Å². The van der Waals surface area contributed by atoms with E-state index in [1.54, 1.807) is 0 Å². The first kappa shape index (κ1) is 14.7. The van der Waals surface area contributed by atoms with E-state index in [2.05, 4.69) is 0 Å². The number of hydrogen-bond acceptors (Lipinski definition) is 7. The summed E-state index contributed by atoms with van der Waals surface area (Å²) in [5.74, 6) is 0. The molecule has 7 heteroatoms. The molecule has 0 bridgehead atoms. The maximum Gasteiger partial charge on any atom is 0.129 e. The smallest absolute Gasteiger partial charge is 0.129 e. The molecule has 0 saturated heterocycles. The van der Waals surface area contributed by atoms with Crippen molar-refractivity contribution in [3.63, 3.8) is 0 Å². The third-order valence-electron chi connectivity index (χ3n) is 1.41. The van der Waals surface area contributed by atoms with Crippen molar-refractivity contribution < 1.29 is 24.4 Å². The van der Waals surface area contributed by atoms with E-state index in [0.717, 1.165) is 0 Å². The highest BCUT2D eigenvalue weighted by Crippen LogP contribution is 1.89. The monoisotopic (exact) mass is 224 g/mol. The fourth-order valence-electron chi connectivity index (χ4n) is 0.805. The lowest BCUT2D eigenvalue weighted by Crippen LogP contribution is -2.35. The van der Waals surface area contributed by atoms with Gasteiger partial charge in [0.1, 0.15) is 12.5 Å². The molecule has 7 nitrogen and oxygen atoms in total. The zero-order valence-electron chi connectivity index (χ0n) is 8.67. The van der Waals surface area contributed by atoms with Crippen LogP contribution in [0.3, 0.4) is 0 Å². The molecule has 0 heterocycles. The Morgan fingerprint density at radius 1 is 0.867 bits per heavy atom. The predicted molar refractivity (Wildman–Crippen MR) is 52.8 cm³/mol. The molecule has 0 fully saturated rings. The molecule has 15 heavy (non-hydrogen) atoms. The van der Waals surface area contributed by atoms with Crippen LogP contribution in [0.15, 0.2) is 0 Å². The third-order valence-corrected chi connectivity index (χ3v) is 1.41. The molecule has 0 amide bonds. The second-order valence-electron chi connectivity index (χ2n) is 2.80. The number of hydrogen-bond donors (Lipinski definition) is 4. The number of aliphatic hydroxyl groups excluding tert-OH is 2. The molecular formula is C8H20N2O5. The molecule has 0 spiro atoms. The van der Waals surface area contributed by atoms with Crippen LogP contribution in [0.25, 0.3) is 0 Å². The molecule has 0 aliphatic rings. The van der Waals surface area contributed by atoms with Crippen LogP contribution in [0.5, 0.6) is 0 Å². The van der Waals surface area contributed by atoms with Gasteiger partial charge in [-0.05, 0) is 0 Å². The largest absolute Gasteiger partial charge is 0.394 e. The Labute approximate surface area is 88.9 Å². The lowest BCUT2D eigenvalue weighted by molar-refractivity contribution is -0.0620. The van der Waals surface area contributed by atoms with Gasteiger partial charge in [-0.25, -0.2) is 0 Å². The van der Waals surface area contributed by atoms with Crippen LogP contribution >= 0.6 is 0 Å². The maximum atomic E-state index is 8.44. The Morgan fingerprint density at radius 2 is 1.27 bits per heavy atom. The van der Waals surface area contributed by atoms with Crippen molar-refractivity contribution >= 4 is 0 Å². The highest BCUT2D eigenvalue weighted by molar-refractivity contribution is 4.48. The minimum absolute atomic E-state index is 0.0766. The van der Waals surface area contributed by atoms with E-state index in [4.69, 9.17) is 35.9 Å². The predicted octanol–water partition coefficient (Wildman–Crippen LogP) is -2.41. The summed E-state index contributed by atoms with van der Waals surface area (Å²) in [5.41, 5.74) is 10.9. The molecule has 0 saturated carbocycles. The van der Waals surface area contributed by atoms with E-state index < -0.39 is 12.5 Å². The molecule has 6 N–H and O–H groups in total. The third kappa shape index (κ3) is 10.0. The summed E-state index contributed by atoms with van der Waals surface area (Å²) in [6.45, 7) is 0.557. The molecule has 2 unspecified atom stereocenters. The maximum absolute atomic E-state index is 8.44. The Kier molecular flexibility index (Phi) is 10.1. The summed E-state index contributed by atoms with van der Waals surface area (Å²) in [7, 11) is 0. The SMILES string of the molecule is NC(COCC(N)OCCO)OCCO. The van der Waals surface area contributed by atoms with Crippen LogP contribution in [0.1, 0.15) is 0 Å². The summed E-state index contributed by atoms with van der Waals surface area (Å²) < 4.78 is 15.0. The molecular weight excluding hydrogens is 204 g/mol.